The molecule has 1 fully saturated rings. The Kier molecular flexibility index (Phi) is 6.47. The Morgan fingerprint density at radius 2 is 2.12 bits per heavy atom. The van der Waals surface area contributed by atoms with Crippen LogP contribution in [0.25, 0.3) is 11.1 Å². The number of amides is 1. The molecule has 1 aromatic carbocycles. The second-order valence-electron chi connectivity index (χ2n) is 8.66. The van der Waals surface area contributed by atoms with E-state index in [1.54, 1.807) is 12.1 Å². The summed E-state index contributed by atoms with van der Waals surface area (Å²) in [7, 11) is -0.621. The van der Waals surface area contributed by atoms with Gasteiger partial charge in [-0.1, -0.05) is 0 Å². The van der Waals surface area contributed by atoms with Crippen molar-refractivity contribution in [1.82, 2.24) is 18.9 Å². The van der Waals surface area contributed by atoms with Gasteiger partial charge in [-0.05, 0) is 85.3 Å². The van der Waals surface area contributed by atoms with Gasteiger partial charge in [0.15, 0.2) is 0 Å². The molecule has 1 N–H and O–H groups in total. The van der Waals surface area contributed by atoms with Gasteiger partial charge in [0.25, 0.3) is 0 Å². The third-order valence-corrected chi connectivity index (χ3v) is 8.03. The van der Waals surface area contributed by atoms with E-state index >= 15 is 0 Å². The Morgan fingerprint density at radius 1 is 1.36 bits per heavy atom. The number of likely N-dealkylation sites (N-methyl/N-ethyl adjacent to an activating group) is 2. The number of nitrogens with one attached hydrogen (secondary N) is 1. The second-order valence-corrected chi connectivity index (χ2v) is 10.4. The number of fused-ring (bicyclic) bond motifs is 1. The molecular formula is C23H26FN5O3S. The summed E-state index contributed by atoms with van der Waals surface area (Å²) in [5, 5.41) is 9.19. The zero-order valence-corrected chi connectivity index (χ0v) is 19.5. The first-order valence-corrected chi connectivity index (χ1v) is 12.3. The van der Waals surface area contributed by atoms with E-state index in [0.717, 1.165) is 18.5 Å². The van der Waals surface area contributed by atoms with Gasteiger partial charge in [0, 0.05) is 25.8 Å². The van der Waals surface area contributed by atoms with Crippen LogP contribution in [-0.2, 0) is 34.3 Å². The molecule has 0 spiro atoms. The van der Waals surface area contributed by atoms with Gasteiger partial charge in [0.1, 0.15) is 17.6 Å². The van der Waals surface area contributed by atoms with Crippen molar-refractivity contribution in [3.05, 3.63) is 52.6 Å². The van der Waals surface area contributed by atoms with Crippen LogP contribution in [0.5, 0.6) is 0 Å². The minimum atomic E-state index is -4.02. The number of benzene rings is 1. The lowest BCUT2D eigenvalue weighted by Gasteiger charge is -2.24. The topological polar surface area (TPSA) is 106 Å². The molecular weight excluding hydrogens is 445 g/mol. The third-order valence-electron chi connectivity index (χ3n) is 6.49. The molecule has 0 saturated carbocycles. The monoisotopic (exact) mass is 471 g/mol. The lowest BCUT2D eigenvalue weighted by molar-refractivity contribution is -0.118. The Hall–Kier alpha value is -2.87. The molecule has 10 heteroatoms. The van der Waals surface area contributed by atoms with Gasteiger partial charge in [0.05, 0.1) is 6.42 Å². The van der Waals surface area contributed by atoms with E-state index in [1.165, 1.54) is 23.6 Å². The number of hydrogen-bond donors (Lipinski definition) is 1. The number of aromatic nitrogens is 1. The van der Waals surface area contributed by atoms with Gasteiger partial charge in [0.2, 0.25) is 5.91 Å². The Bertz CT molecular complexity index is 1240. The lowest BCUT2D eigenvalue weighted by atomic mass is 9.90. The zero-order valence-electron chi connectivity index (χ0n) is 18.6. The fourth-order valence-electron chi connectivity index (χ4n) is 4.74. The summed E-state index contributed by atoms with van der Waals surface area (Å²) in [4.78, 5) is 18.9. The Balaban J connectivity index is 1.64. The Morgan fingerprint density at radius 3 is 2.82 bits per heavy atom. The molecule has 174 valence electrons. The van der Waals surface area contributed by atoms with Crippen molar-refractivity contribution in [2.45, 2.75) is 38.1 Å². The first kappa shape index (κ1) is 23.3. The molecule has 1 aromatic heterocycles. The SMILES string of the molecule is CN1CCC(N(C)S(=O)(=O)NC(=O)Cc2c(-c3ccnc(C#N)c3)cc(F)c3c2CCC3)C1. The highest BCUT2D eigenvalue weighted by Gasteiger charge is 2.32. The molecule has 1 atom stereocenters. The molecule has 0 bridgehead atoms. The largest absolute Gasteiger partial charge is 0.305 e. The van der Waals surface area contributed by atoms with Gasteiger partial charge in [-0.15, -0.1) is 0 Å². The van der Waals surface area contributed by atoms with E-state index < -0.39 is 16.1 Å². The van der Waals surface area contributed by atoms with Crippen LogP contribution in [0.3, 0.4) is 0 Å². The highest BCUT2D eigenvalue weighted by molar-refractivity contribution is 7.87. The van der Waals surface area contributed by atoms with Crippen molar-refractivity contribution in [2.75, 3.05) is 27.2 Å². The number of carbonyl (C=O) groups is 1. The maximum absolute atomic E-state index is 14.8. The molecule has 1 aliphatic heterocycles. The van der Waals surface area contributed by atoms with E-state index in [-0.39, 0.29) is 24.0 Å². The van der Waals surface area contributed by atoms with Crippen LogP contribution in [0.1, 0.15) is 35.2 Å². The molecule has 33 heavy (non-hydrogen) atoms. The van der Waals surface area contributed by atoms with Crippen LogP contribution < -0.4 is 4.72 Å². The maximum atomic E-state index is 14.8. The number of pyridine rings is 1. The second kappa shape index (κ2) is 9.17. The number of hydrogen-bond acceptors (Lipinski definition) is 6. The molecule has 1 unspecified atom stereocenters. The van der Waals surface area contributed by atoms with Crippen molar-refractivity contribution >= 4 is 16.1 Å². The standard InChI is InChI=1S/C23H26FN5O3S/c1-28-9-7-17(14-28)29(2)33(31,32)27-23(30)12-21-18-4-3-5-19(18)22(24)11-20(21)15-6-8-26-16(10-15)13-25/h6,8,10-11,17H,3-5,7,9,12,14H2,1-2H3,(H,27,30). The van der Waals surface area contributed by atoms with Crippen molar-refractivity contribution in [1.29, 1.82) is 5.26 Å². The predicted octanol–water partition coefficient (Wildman–Crippen LogP) is 1.79. The van der Waals surface area contributed by atoms with Gasteiger partial charge in [-0.25, -0.2) is 14.1 Å². The van der Waals surface area contributed by atoms with Gasteiger partial charge >= 0.3 is 10.2 Å². The van der Waals surface area contributed by atoms with Crippen molar-refractivity contribution in [2.24, 2.45) is 0 Å². The average molecular weight is 472 g/mol. The first-order chi connectivity index (χ1) is 15.7. The van der Waals surface area contributed by atoms with Crippen molar-refractivity contribution in [3.8, 4) is 17.2 Å². The van der Waals surface area contributed by atoms with Gasteiger partial charge < -0.3 is 4.90 Å². The summed E-state index contributed by atoms with van der Waals surface area (Å²) in [6.07, 6.45) is 3.90. The first-order valence-electron chi connectivity index (χ1n) is 10.9. The molecule has 1 aliphatic carbocycles. The van der Waals surface area contributed by atoms with Gasteiger partial charge in [-0.3, -0.25) is 4.79 Å². The summed E-state index contributed by atoms with van der Waals surface area (Å²) >= 11 is 0. The smallest absolute Gasteiger partial charge is 0.303 e. The summed E-state index contributed by atoms with van der Waals surface area (Å²) in [5.74, 6) is -1.03. The van der Waals surface area contributed by atoms with Crippen LogP contribution in [0.2, 0.25) is 0 Å². The summed E-state index contributed by atoms with van der Waals surface area (Å²) in [6, 6.07) is 6.33. The van der Waals surface area contributed by atoms with Crippen LogP contribution in [0.15, 0.2) is 24.4 Å². The molecule has 1 saturated heterocycles. The third kappa shape index (κ3) is 4.76. The van der Waals surface area contributed by atoms with Crippen LogP contribution in [0.4, 0.5) is 4.39 Å². The highest BCUT2D eigenvalue weighted by atomic mass is 32.2. The van der Waals surface area contributed by atoms with Gasteiger partial charge in [-0.2, -0.15) is 18.0 Å². The summed E-state index contributed by atoms with van der Waals surface area (Å²) in [6.45, 7) is 1.39. The van der Waals surface area contributed by atoms with E-state index in [1.807, 2.05) is 18.0 Å². The summed E-state index contributed by atoms with van der Waals surface area (Å²) in [5.41, 5.74) is 3.13. The van der Waals surface area contributed by atoms with Crippen molar-refractivity contribution in [3.63, 3.8) is 0 Å². The predicted molar refractivity (Wildman–Crippen MR) is 121 cm³/mol. The number of nitrogens with zero attached hydrogens (tertiary/aromatic N) is 4. The Labute approximate surface area is 193 Å². The van der Waals surface area contributed by atoms with Crippen molar-refractivity contribution < 1.29 is 17.6 Å². The molecule has 4 rings (SSSR count). The number of likely N-dealkylation sites (tertiary alicyclic amines) is 1. The molecule has 2 aromatic rings. The summed E-state index contributed by atoms with van der Waals surface area (Å²) < 4.78 is 43.9. The zero-order chi connectivity index (χ0) is 23.8. The average Bonchev–Trinajstić information content (AvgIpc) is 3.44. The minimum Gasteiger partial charge on any atom is -0.305 e. The minimum absolute atomic E-state index is 0.176. The molecule has 0 radical (unpaired) electrons. The van der Waals surface area contributed by atoms with Crippen LogP contribution in [-0.4, -0.2) is 61.7 Å². The van der Waals surface area contributed by atoms with E-state index in [2.05, 4.69) is 9.71 Å². The van der Waals surface area contributed by atoms with Crippen LogP contribution in [0, 0.1) is 17.1 Å². The van der Waals surface area contributed by atoms with E-state index in [4.69, 9.17) is 0 Å². The fourth-order valence-corrected chi connectivity index (χ4v) is 5.81. The lowest BCUT2D eigenvalue weighted by Crippen LogP contribution is -2.47. The number of rotatable bonds is 6. The number of carbonyl (C=O) groups excluding carboxylic acids is 1. The normalized spacial score (nSPS) is 18.3. The number of nitriles is 1. The number of halogens is 1. The quantitative estimate of drug-likeness (QED) is 0.689. The fraction of sp³-hybridized carbons (Fsp3) is 0.435. The van der Waals surface area contributed by atoms with E-state index in [0.29, 0.717) is 48.1 Å². The molecule has 2 aliphatic rings. The molecule has 2 heterocycles. The highest BCUT2D eigenvalue weighted by Crippen LogP contribution is 2.36. The van der Waals surface area contributed by atoms with E-state index in [9.17, 15) is 22.9 Å². The maximum Gasteiger partial charge on any atom is 0.303 e. The molecule has 1 amide bonds. The molecule has 8 nitrogen and oxygen atoms in total. The van der Waals surface area contributed by atoms with Crippen LogP contribution >= 0.6 is 0 Å².